The molecule has 0 bridgehead atoms. The van der Waals surface area contributed by atoms with Crippen LogP contribution in [0.15, 0.2) is 30.3 Å². The average molecular weight is 255 g/mol. The van der Waals surface area contributed by atoms with Gasteiger partial charge < -0.3 is 5.73 Å². The van der Waals surface area contributed by atoms with Gasteiger partial charge in [0.2, 0.25) is 0 Å². The molecule has 0 spiro atoms. The van der Waals surface area contributed by atoms with Crippen LogP contribution in [-0.4, -0.2) is 24.5 Å². The second-order valence-electron chi connectivity index (χ2n) is 4.98. The molecule has 1 aliphatic rings. The molecule has 1 fully saturated rings. The van der Waals surface area contributed by atoms with Gasteiger partial charge in [0.1, 0.15) is 0 Å². The highest BCUT2D eigenvalue weighted by molar-refractivity contribution is 5.85. The first-order chi connectivity index (χ1) is 7.79. The topological polar surface area (TPSA) is 29.3 Å². The summed E-state index contributed by atoms with van der Waals surface area (Å²) in [6, 6.07) is 10.7. The molecule has 1 saturated heterocycles. The second kappa shape index (κ2) is 7.00. The molecule has 1 aliphatic heterocycles. The van der Waals surface area contributed by atoms with Crippen LogP contribution in [-0.2, 0) is 6.54 Å². The third kappa shape index (κ3) is 3.98. The number of rotatable bonds is 3. The Hall–Kier alpha value is -0.570. The third-order valence-corrected chi connectivity index (χ3v) is 3.75. The van der Waals surface area contributed by atoms with Gasteiger partial charge in [0, 0.05) is 13.1 Å². The fourth-order valence-electron chi connectivity index (χ4n) is 2.52. The number of piperidine rings is 1. The first kappa shape index (κ1) is 14.5. The van der Waals surface area contributed by atoms with E-state index >= 15 is 0 Å². The number of hydrogen-bond donors (Lipinski definition) is 1. The van der Waals surface area contributed by atoms with E-state index < -0.39 is 0 Å². The van der Waals surface area contributed by atoms with Crippen LogP contribution < -0.4 is 5.73 Å². The number of hydrogen-bond acceptors (Lipinski definition) is 2. The van der Waals surface area contributed by atoms with Crippen molar-refractivity contribution in [2.75, 3.05) is 19.6 Å². The van der Waals surface area contributed by atoms with E-state index in [9.17, 15) is 0 Å². The normalized spacial score (nSPS) is 25.3. The van der Waals surface area contributed by atoms with Crippen molar-refractivity contribution in [3.63, 3.8) is 0 Å². The van der Waals surface area contributed by atoms with Crippen molar-refractivity contribution < 1.29 is 0 Å². The molecule has 96 valence electrons. The predicted octanol–water partition coefficient (Wildman–Crippen LogP) is 2.53. The molecule has 2 N–H and O–H groups in total. The van der Waals surface area contributed by atoms with Gasteiger partial charge in [0.25, 0.3) is 0 Å². The van der Waals surface area contributed by atoms with E-state index in [4.69, 9.17) is 5.73 Å². The number of likely N-dealkylation sites (tertiary alicyclic amines) is 1. The van der Waals surface area contributed by atoms with Crippen LogP contribution in [0.5, 0.6) is 0 Å². The van der Waals surface area contributed by atoms with Crippen molar-refractivity contribution in [1.29, 1.82) is 0 Å². The molecule has 2 rings (SSSR count). The van der Waals surface area contributed by atoms with Crippen LogP contribution in [0.4, 0.5) is 0 Å². The van der Waals surface area contributed by atoms with Crippen LogP contribution in [0.25, 0.3) is 0 Å². The van der Waals surface area contributed by atoms with E-state index in [-0.39, 0.29) is 12.4 Å². The van der Waals surface area contributed by atoms with Crippen molar-refractivity contribution in [3.05, 3.63) is 35.9 Å². The van der Waals surface area contributed by atoms with E-state index in [1.54, 1.807) is 0 Å². The fourth-order valence-corrected chi connectivity index (χ4v) is 2.52. The molecule has 2 atom stereocenters. The summed E-state index contributed by atoms with van der Waals surface area (Å²) in [4.78, 5) is 2.53. The Morgan fingerprint density at radius 1 is 1.29 bits per heavy atom. The fraction of sp³-hybridized carbons (Fsp3) is 0.571. The summed E-state index contributed by atoms with van der Waals surface area (Å²) in [5.74, 6) is 1.47. The summed E-state index contributed by atoms with van der Waals surface area (Å²) < 4.78 is 0. The van der Waals surface area contributed by atoms with Gasteiger partial charge in [0.05, 0.1) is 0 Å². The molecular formula is C14H23ClN2. The monoisotopic (exact) mass is 254 g/mol. The molecule has 2 nitrogen and oxygen atoms in total. The zero-order chi connectivity index (χ0) is 11.4. The zero-order valence-electron chi connectivity index (χ0n) is 10.5. The molecule has 0 saturated carbocycles. The number of nitrogens with two attached hydrogens (primary N) is 1. The number of benzene rings is 1. The van der Waals surface area contributed by atoms with E-state index in [0.29, 0.717) is 5.92 Å². The second-order valence-corrected chi connectivity index (χ2v) is 4.98. The Labute approximate surface area is 111 Å². The predicted molar refractivity (Wildman–Crippen MR) is 75.3 cm³/mol. The lowest BCUT2D eigenvalue weighted by Crippen LogP contribution is -2.42. The molecule has 3 heteroatoms. The summed E-state index contributed by atoms with van der Waals surface area (Å²) in [6.07, 6.45) is 1.29. The molecule has 0 radical (unpaired) electrons. The van der Waals surface area contributed by atoms with Gasteiger partial charge >= 0.3 is 0 Å². The van der Waals surface area contributed by atoms with E-state index in [0.717, 1.165) is 25.6 Å². The van der Waals surface area contributed by atoms with Gasteiger partial charge in [-0.3, -0.25) is 4.90 Å². The molecule has 1 aromatic carbocycles. The summed E-state index contributed by atoms with van der Waals surface area (Å²) in [7, 11) is 0. The molecule has 17 heavy (non-hydrogen) atoms. The third-order valence-electron chi connectivity index (χ3n) is 3.75. The van der Waals surface area contributed by atoms with Gasteiger partial charge in [0.15, 0.2) is 0 Å². The Morgan fingerprint density at radius 3 is 2.65 bits per heavy atom. The minimum absolute atomic E-state index is 0. The molecule has 0 unspecified atom stereocenters. The average Bonchev–Trinajstić information content (AvgIpc) is 2.33. The lowest BCUT2D eigenvalue weighted by atomic mass is 9.87. The highest BCUT2D eigenvalue weighted by atomic mass is 35.5. The summed E-state index contributed by atoms with van der Waals surface area (Å²) in [5, 5.41) is 0. The Kier molecular flexibility index (Phi) is 5.96. The molecule has 0 aromatic heterocycles. The van der Waals surface area contributed by atoms with Crippen LogP contribution in [0.3, 0.4) is 0 Å². The standard InChI is InChI=1S/C14H22N2.ClH/c1-12-7-8-16(11-14(12)9-15)10-13-5-3-2-4-6-13;/h2-6,12,14H,7-11,15H2,1H3;1H/t12-,14+;/m1./s1. The zero-order valence-corrected chi connectivity index (χ0v) is 11.3. The Morgan fingerprint density at radius 2 is 2.00 bits per heavy atom. The quantitative estimate of drug-likeness (QED) is 0.898. The summed E-state index contributed by atoms with van der Waals surface area (Å²) in [6.45, 7) is 6.60. The largest absolute Gasteiger partial charge is 0.330 e. The van der Waals surface area contributed by atoms with Crippen molar-refractivity contribution in [1.82, 2.24) is 4.90 Å². The van der Waals surface area contributed by atoms with E-state index in [2.05, 4.69) is 42.2 Å². The van der Waals surface area contributed by atoms with Gasteiger partial charge in [-0.1, -0.05) is 37.3 Å². The highest BCUT2D eigenvalue weighted by Gasteiger charge is 2.24. The molecule has 0 aliphatic carbocycles. The lowest BCUT2D eigenvalue weighted by molar-refractivity contribution is 0.126. The van der Waals surface area contributed by atoms with Crippen molar-refractivity contribution in [2.45, 2.75) is 19.9 Å². The Balaban J connectivity index is 0.00000144. The van der Waals surface area contributed by atoms with Crippen molar-refractivity contribution >= 4 is 12.4 Å². The number of nitrogens with zero attached hydrogens (tertiary/aromatic N) is 1. The van der Waals surface area contributed by atoms with Gasteiger partial charge in [-0.2, -0.15) is 0 Å². The van der Waals surface area contributed by atoms with Crippen molar-refractivity contribution in [2.24, 2.45) is 17.6 Å². The first-order valence-electron chi connectivity index (χ1n) is 6.26. The van der Waals surface area contributed by atoms with Crippen LogP contribution in [0, 0.1) is 11.8 Å². The van der Waals surface area contributed by atoms with Crippen LogP contribution in [0.1, 0.15) is 18.9 Å². The maximum Gasteiger partial charge on any atom is 0.0233 e. The highest BCUT2D eigenvalue weighted by Crippen LogP contribution is 2.23. The number of halogens is 1. The minimum atomic E-state index is 0. The van der Waals surface area contributed by atoms with Crippen LogP contribution in [0.2, 0.25) is 0 Å². The van der Waals surface area contributed by atoms with Crippen molar-refractivity contribution in [3.8, 4) is 0 Å². The maximum atomic E-state index is 5.82. The molecule has 1 aromatic rings. The van der Waals surface area contributed by atoms with Gasteiger partial charge in [-0.25, -0.2) is 0 Å². The lowest BCUT2D eigenvalue weighted by Gasteiger charge is -2.36. The molecule has 0 amide bonds. The smallest absolute Gasteiger partial charge is 0.0233 e. The SMILES string of the molecule is C[C@@H]1CCN(Cc2ccccc2)C[C@@H]1CN.Cl. The minimum Gasteiger partial charge on any atom is -0.330 e. The van der Waals surface area contributed by atoms with E-state index in [1.165, 1.54) is 18.5 Å². The molecule has 1 heterocycles. The van der Waals surface area contributed by atoms with Gasteiger partial charge in [-0.05, 0) is 36.9 Å². The molecular weight excluding hydrogens is 232 g/mol. The van der Waals surface area contributed by atoms with Gasteiger partial charge in [-0.15, -0.1) is 12.4 Å². The summed E-state index contributed by atoms with van der Waals surface area (Å²) >= 11 is 0. The Bertz CT molecular complexity index is 315. The first-order valence-corrected chi connectivity index (χ1v) is 6.26. The van der Waals surface area contributed by atoms with E-state index in [1.807, 2.05) is 0 Å². The maximum absolute atomic E-state index is 5.82. The summed E-state index contributed by atoms with van der Waals surface area (Å²) in [5.41, 5.74) is 7.23. The van der Waals surface area contributed by atoms with Crippen LogP contribution >= 0.6 is 12.4 Å².